The predicted molar refractivity (Wildman–Crippen MR) is 61.1 cm³/mol. The third kappa shape index (κ3) is 2.23. The van der Waals surface area contributed by atoms with Gasteiger partial charge in [0, 0.05) is 19.6 Å². The number of alkyl halides is 1. The van der Waals surface area contributed by atoms with Crippen molar-refractivity contribution in [2.24, 2.45) is 0 Å². The highest BCUT2D eigenvalue weighted by Crippen LogP contribution is 2.35. The lowest BCUT2D eigenvalue weighted by molar-refractivity contribution is 0.184. The van der Waals surface area contributed by atoms with Gasteiger partial charge in [-0.15, -0.1) is 10.2 Å². The Morgan fingerprint density at radius 1 is 1.47 bits per heavy atom. The third-order valence-electron chi connectivity index (χ3n) is 2.96. The number of rotatable bonds is 5. The molecule has 4 nitrogen and oxygen atoms in total. The lowest BCUT2D eigenvalue weighted by Crippen LogP contribution is -2.18. The molecule has 0 bridgehead atoms. The SMILES string of the molecule is COCCn1c(CBr)nnc1C1CCC1. The molecule has 1 aromatic heterocycles. The second-order valence-corrected chi connectivity index (χ2v) is 4.44. The molecule has 0 N–H and O–H groups in total. The van der Waals surface area contributed by atoms with E-state index in [0.29, 0.717) is 5.92 Å². The quantitative estimate of drug-likeness (QED) is 0.772. The average molecular weight is 274 g/mol. The lowest BCUT2D eigenvalue weighted by Gasteiger charge is -2.25. The van der Waals surface area contributed by atoms with Gasteiger partial charge in [0.25, 0.3) is 0 Å². The van der Waals surface area contributed by atoms with Crippen LogP contribution in [0.1, 0.15) is 36.8 Å². The van der Waals surface area contributed by atoms with Gasteiger partial charge in [-0.3, -0.25) is 0 Å². The molecule has 1 aliphatic rings. The van der Waals surface area contributed by atoms with Crippen LogP contribution in [0.2, 0.25) is 0 Å². The van der Waals surface area contributed by atoms with Crippen molar-refractivity contribution >= 4 is 15.9 Å². The summed E-state index contributed by atoms with van der Waals surface area (Å²) in [6.45, 7) is 1.58. The van der Waals surface area contributed by atoms with Crippen LogP contribution in [0.15, 0.2) is 0 Å². The number of halogens is 1. The van der Waals surface area contributed by atoms with E-state index in [2.05, 4.69) is 30.7 Å². The first-order valence-electron chi connectivity index (χ1n) is 5.33. The molecule has 0 saturated heterocycles. The fraction of sp³-hybridized carbons (Fsp3) is 0.800. The molecule has 0 spiro atoms. The molecular weight excluding hydrogens is 258 g/mol. The Bertz CT molecular complexity index is 322. The molecule has 5 heteroatoms. The molecule has 0 amide bonds. The largest absolute Gasteiger partial charge is 0.383 e. The van der Waals surface area contributed by atoms with Gasteiger partial charge in [-0.25, -0.2) is 0 Å². The summed E-state index contributed by atoms with van der Waals surface area (Å²) in [6, 6.07) is 0. The van der Waals surface area contributed by atoms with E-state index in [9.17, 15) is 0 Å². The second-order valence-electron chi connectivity index (χ2n) is 3.88. The van der Waals surface area contributed by atoms with E-state index in [0.717, 1.165) is 30.1 Å². The van der Waals surface area contributed by atoms with Crippen molar-refractivity contribution in [1.82, 2.24) is 14.8 Å². The summed E-state index contributed by atoms with van der Waals surface area (Å²) < 4.78 is 7.31. The van der Waals surface area contributed by atoms with Crippen molar-refractivity contribution in [2.45, 2.75) is 37.1 Å². The fourth-order valence-electron chi connectivity index (χ4n) is 1.84. The lowest BCUT2D eigenvalue weighted by atomic mass is 9.85. The molecule has 15 heavy (non-hydrogen) atoms. The maximum Gasteiger partial charge on any atom is 0.143 e. The van der Waals surface area contributed by atoms with Gasteiger partial charge >= 0.3 is 0 Å². The van der Waals surface area contributed by atoms with Gasteiger partial charge < -0.3 is 9.30 Å². The minimum Gasteiger partial charge on any atom is -0.383 e. The first-order chi connectivity index (χ1) is 7.36. The second kappa shape index (κ2) is 5.07. The van der Waals surface area contributed by atoms with Crippen LogP contribution < -0.4 is 0 Å². The summed E-state index contributed by atoms with van der Waals surface area (Å²) in [5.74, 6) is 2.78. The first kappa shape index (κ1) is 11.1. The molecular formula is C10H16BrN3O. The van der Waals surface area contributed by atoms with Crippen molar-refractivity contribution < 1.29 is 4.74 Å². The van der Waals surface area contributed by atoms with Crippen LogP contribution in [-0.2, 0) is 16.6 Å². The molecule has 0 radical (unpaired) electrons. The van der Waals surface area contributed by atoms with Crippen molar-refractivity contribution in [3.05, 3.63) is 11.6 Å². The van der Waals surface area contributed by atoms with Crippen LogP contribution in [-0.4, -0.2) is 28.5 Å². The molecule has 1 saturated carbocycles. The van der Waals surface area contributed by atoms with E-state index < -0.39 is 0 Å². The van der Waals surface area contributed by atoms with E-state index in [-0.39, 0.29) is 0 Å². The van der Waals surface area contributed by atoms with Crippen LogP contribution in [0.3, 0.4) is 0 Å². The van der Waals surface area contributed by atoms with E-state index in [1.165, 1.54) is 19.3 Å². The molecule has 0 unspecified atom stereocenters. The van der Waals surface area contributed by atoms with Crippen LogP contribution >= 0.6 is 15.9 Å². The minimum atomic E-state index is 0.627. The highest BCUT2D eigenvalue weighted by Gasteiger charge is 2.25. The van der Waals surface area contributed by atoms with Crippen LogP contribution in [0.25, 0.3) is 0 Å². The fourth-order valence-corrected chi connectivity index (χ4v) is 2.26. The average Bonchev–Trinajstić information content (AvgIpc) is 2.55. The summed E-state index contributed by atoms with van der Waals surface area (Å²) in [5, 5.41) is 9.25. The van der Waals surface area contributed by atoms with E-state index in [1.807, 2.05) is 0 Å². The third-order valence-corrected chi connectivity index (χ3v) is 3.47. The van der Waals surface area contributed by atoms with Crippen LogP contribution in [0.5, 0.6) is 0 Å². The maximum atomic E-state index is 5.11. The first-order valence-corrected chi connectivity index (χ1v) is 6.46. The van der Waals surface area contributed by atoms with E-state index in [1.54, 1.807) is 7.11 Å². The van der Waals surface area contributed by atoms with Crippen LogP contribution in [0, 0.1) is 0 Å². The van der Waals surface area contributed by atoms with E-state index >= 15 is 0 Å². The summed E-state index contributed by atoms with van der Waals surface area (Å²) in [6.07, 6.45) is 3.84. The Labute approximate surface area is 98.2 Å². The monoisotopic (exact) mass is 273 g/mol. The minimum absolute atomic E-state index is 0.627. The number of ether oxygens (including phenoxy) is 1. The zero-order valence-corrected chi connectivity index (χ0v) is 10.5. The van der Waals surface area contributed by atoms with Gasteiger partial charge in [0.05, 0.1) is 11.9 Å². The van der Waals surface area contributed by atoms with Crippen molar-refractivity contribution in [2.75, 3.05) is 13.7 Å². The van der Waals surface area contributed by atoms with Crippen molar-refractivity contribution in [3.8, 4) is 0 Å². The Morgan fingerprint density at radius 2 is 2.27 bits per heavy atom. The van der Waals surface area contributed by atoms with Gasteiger partial charge in [-0.2, -0.15) is 0 Å². The molecule has 0 aliphatic heterocycles. The van der Waals surface area contributed by atoms with Gasteiger partial charge in [-0.05, 0) is 12.8 Å². The summed E-state index contributed by atoms with van der Waals surface area (Å²) >= 11 is 3.44. The zero-order chi connectivity index (χ0) is 10.7. The predicted octanol–water partition coefficient (Wildman–Crippen LogP) is 2.09. The number of nitrogens with zero attached hydrogens (tertiary/aromatic N) is 3. The topological polar surface area (TPSA) is 39.9 Å². The summed E-state index contributed by atoms with van der Waals surface area (Å²) in [5.41, 5.74) is 0. The smallest absolute Gasteiger partial charge is 0.143 e. The number of aromatic nitrogens is 3. The Morgan fingerprint density at radius 3 is 2.80 bits per heavy atom. The summed E-state index contributed by atoms with van der Waals surface area (Å²) in [4.78, 5) is 0. The Kier molecular flexibility index (Phi) is 3.75. The summed E-state index contributed by atoms with van der Waals surface area (Å²) in [7, 11) is 1.72. The van der Waals surface area contributed by atoms with Crippen LogP contribution in [0.4, 0.5) is 0 Å². The molecule has 2 rings (SSSR count). The Hall–Kier alpha value is -0.420. The molecule has 1 aromatic rings. The van der Waals surface area contributed by atoms with Crippen molar-refractivity contribution in [1.29, 1.82) is 0 Å². The maximum absolute atomic E-state index is 5.11. The highest BCUT2D eigenvalue weighted by molar-refractivity contribution is 9.08. The molecule has 1 fully saturated rings. The molecule has 0 aromatic carbocycles. The van der Waals surface area contributed by atoms with Gasteiger partial charge in [0.1, 0.15) is 11.6 Å². The number of methoxy groups -OCH3 is 1. The molecule has 1 aliphatic carbocycles. The molecule has 1 heterocycles. The zero-order valence-electron chi connectivity index (χ0n) is 8.95. The molecule has 0 atom stereocenters. The normalized spacial score (nSPS) is 16.7. The van der Waals surface area contributed by atoms with Gasteiger partial charge in [0.2, 0.25) is 0 Å². The van der Waals surface area contributed by atoms with E-state index in [4.69, 9.17) is 4.74 Å². The number of hydrogen-bond donors (Lipinski definition) is 0. The van der Waals surface area contributed by atoms with Gasteiger partial charge in [0.15, 0.2) is 0 Å². The van der Waals surface area contributed by atoms with Crippen molar-refractivity contribution in [3.63, 3.8) is 0 Å². The highest BCUT2D eigenvalue weighted by atomic mass is 79.9. The van der Waals surface area contributed by atoms with Gasteiger partial charge in [-0.1, -0.05) is 22.4 Å². The Balaban J connectivity index is 2.16. The number of hydrogen-bond acceptors (Lipinski definition) is 3. The molecule has 84 valence electrons. The standard InChI is InChI=1S/C10H16BrN3O/c1-15-6-5-14-9(7-11)12-13-10(14)8-3-2-4-8/h8H,2-7H2,1H3.